The average Bonchev–Trinajstić information content (AvgIpc) is 2.84. The summed E-state index contributed by atoms with van der Waals surface area (Å²) < 4.78 is 1.33. The summed E-state index contributed by atoms with van der Waals surface area (Å²) >= 11 is 2.39. The minimum absolute atomic E-state index is 0.699. The third kappa shape index (κ3) is 3.09. The van der Waals surface area contributed by atoms with Crippen molar-refractivity contribution >= 4 is 28.3 Å². The second kappa shape index (κ2) is 5.63. The summed E-state index contributed by atoms with van der Waals surface area (Å²) in [6.45, 7) is 2.21. The first-order valence-electron chi connectivity index (χ1n) is 7.70. The normalized spacial score (nSPS) is 22.8. The Kier molecular flexibility index (Phi) is 4.06. The maximum atomic E-state index is 3.78. The molecular weight excluding hydrogens is 345 g/mol. The number of hydrogen-bond donors (Lipinski definition) is 1. The number of hydrogen-bond acceptors (Lipinski definition) is 1. The van der Waals surface area contributed by atoms with Gasteiger partial charge in [-0.05, 0) is 97.2 Å². The molecule has 0 unspecified atom stereocenters. The van der Waals surface area contributed by atoms with Crippen LogP contribution in [0, 0.1) is 15.9 Å². The lowest BCUT2D eigenvalue weighted by Crippen LogP contribution is -2.31. The molecule has 0 aromatic heterocycles. The largest absolute Gasteiger partial charge is 0.382 e. The third-order valence-electron chi connectivity index (χ3n) is 5.26. The lowest BCUT2D eigenvalue weighted by molar-refractivity contribution is 0.188. The molecule has 0 aliphatic heterocycles. The van der Waals surface area contributed by atoms with Crippen molar-refractivity contribution in [3.8, 4) is 0 Å². The third-order valence-corrected chi connectivity index (χ3v) is 5.93. The summed E-state index contributed by atoms with van der Waals surface area (Å²) in [6.07, 6.45) is 11.6. The topological polar surface area (TPSA) is 12.0 Å². The predicted octanol–water partition coefficient (Wildman–Crippen LogP) is 5.51. The lowest BCUT2D eigenvalue weighted by Gasteiger charge is -2.38. The zero-order chi connectivity index (χ0) is 13.3. The van der Waals surface area contributed by atoms with E-state index in [0.717, 1.165) is 5.41 Å². The first-order chi connectivity index (χ1) is 9.17. The number of aryl methyl sites for hydroxylation is 1. The van der Waals surface area contributed by atoms with Crippen molar-refractivity contribution in [2.45, 2.75) is 64.3 Å². The van der Waals surface area contributed by atoms with Gasteiger partial charge in [0.15, 0.2) is 0 Å². The Morgan fingerprint density at radius 3 is 2.42 bits per heavy atom. The second-order valence-electron chi connectivity index (χ2n) is 6.58. The molecule has 104 valence electrons. The van der Waals surface area contributed by atoms with Crippen LogP contribution >= 0.6 is 22.6 Å². The molecule has 2 fully saturated rings. The van der Waals surface area contributed by atoms with Gasteiger partial charge in [0.25, 0.3) is 0 Å². The molecule has 1 spiro atoms. The van der Waals surface area contributed by atoms with Crippen LogP contribution in [0.3, 0.4) is 0 Å². The van der Waals surface area contributed by atoms with Crippen LogP contribution < -0.4 is 5.32 Å². The van der Waals surface area contributed by atoms with Crippen molar-refractivity contribution in [3.05, 3.63) is 27.3 Å². The molecular formula is C17H24IN. The Balaban J connectivity index is 1.60. The van der Waals surface area contributed by atoms with Gasteiger partial charge in [0.1, 0.15) is 0 Å². The SMILES string of the molecule is Cc1cc(I)ccc1NC1CCC2(CCCC2)CC1. The Labute approximate surface area is 130 Å². The number of halogens is 1. The first-order valence-corrected chi connectivity index (χ1v) is 8.78. The Bertz CT molecular complexity index is 439. The van der Waals surface area contributed by atoms with Crippen LogP contribution in [0.5, 0.6) is 0 Å². The van der Waals surface area contributed by atoms with Crippen molar-refractivity contribution in [2.75, 3.05) is 5.32 Å². The Hall–Kier alpha value is -0.250. The summed E-state index contributed by atoms with van der Waals surface area (Å²) in [5.41, 5.74) is 3.47. The summed E-state index contributed by atoms with van der Waals surface area (Å²) in [7, 11) is 0. The molecule has 1 aromatic carbocycles. The zero-order valence-electron chi connectivity index (χ0n) is 11.8. The molecule has 19 heavy (non-hydrogen) atoms. The van der Waals surface area contributed by atoms with Crippen molar-refractivity contribution in [3.63, 3.8) is 0 Å². The Morgan fingerprint density at radius 1 is 1.11 bits per heavy atom. The molecule has 1 nitrogen and oxygen atoms in total. The monoisotopic (exact) mass is 369 g/mol. The lowest BCUT2D eigenvalue weighted by atomic mass is 9.71. The molecule has 1 N–H and O–H groups in total. The first kappa shape index (κ1) is 13.7. The van der Waals surface area contributed by atoms with E-state index in [0.29, 0.717) is 6.04 Å². The predicted molar refractivity (Wildman–Crippen MR) is 90.7 cm³/mol. The van der Waals surface area contributed by atoms with Crippen LogP contribution in [-0.2, 0) is 0 Å². The van der Waals surface area contributed by atoms with E-state index in [2.05, 4.69) is 53.0 Å². The van der Waals surface area contributed by atoms with Crippen LogP contribution in [0.1, 0.15) is 56.9 Å². The fourth-order valence-electron chi connectivity index (χ4n) is 4.01. The molecule has 1 aromatic rings. The van der Waals surface area contributed by atoms with Crippen LogP contribution in [0.4, 0.5) is 5.69 Å². The van der Waals surface area contributed by atoms with Crippen molar-refractivity contribution < 1.29 is 0 Å². The summed E-state index contributed by atoms with van der Waals surface area (Å²) in [4.78, 5) is 0. The van der Waals surface area contributed by atoms with Gasteiger partial charge in [0.05, 0.1) is 0 Å². The van der Waals surface area contributed by atoms with E-state index in [4.69, 9.17) is 0 Å². The van der Waals surface area contributed by atoms with E-state index in [9.17, 15) is 0 Å². The van der Waals surface area contributed by atoms with Gasteiger partial charge in [-0.25, -0.2) is 0 Å². The van der Waals surface area contributed by atoms with E-state index in [1.807, 2.05) is 0 Å². The Morgan fingerprint density at radius 2 is 1.79 bits per heavy atom. The maximum absolute atomic E-state index is 3.78. The van der Waals surface area contributed by atoms with Crippen LogP contribution in [-0.4, -0.2) is 6.04 Å². The maximum Gasteiger partial charge on any atom is 0.0372 e. The number of rotatable bonds is 2. The van der Waals surface area contributed by atoms with E-state index in [1.54, 1.807) is 0 Å². The molecule has 0 heterocycles. The van der Waals surface area contributed by atoms with Gasteiger partial charge in [0, 0.05) is 15.3 Å². The van der Waals surface area contributed by atoms with E-state index < -0.39 is 0 Å². The van der Waals surface area contributed by atoms with Gasteiger partial charge >= 0.3 is 0 Å². The summed E-state index contributed by atoms with van der Waals surface area (Å²) in [5, 5.41) is 3.78. The van der Waals surface area contributed by atoms with Gasteiger partial charge in [0.2, 0.25) is 0 Å². The van der Waals surface area contributed by atoms with Crippen LogP contribution in [0.2, 0.25) is 0 Å². The highest BCUT2D eigenvalue weighted by Crippen LogP contribution is 2.49. The minimum Gasteiger partial charge on any atom is -0.382 e. The van der Waals surface area contributed by atoms with Crippen molar-refractivity contribution in [2.24, 2.45) is 5.41 Å². The highest BCUT2D eigenvalue weighted by Gasteiger charge is 2.37. The van der Waals surface area contributed by atoms with Crippen molar-refractivity contribution in [1.82, 2.24) is 0 Å². The fraction of sp³-hybridized carbons (Fsp3) is 0.647. The smallest absolute Gasteiger partial charge is 0.0372 e. The van der Waals surface area contributed by atoms with Gasteiger partial charge in [-0.2, -0.15) is 0 Å². The number of benzene rings is 1. The number of nitrogens with one attached hydrogen (secondary N) is 1. The van der Waals surface area contributed by atoms with Crippen LogP contribution in [0.25, 0.3) is 0 Å². The van der Waals surface area contributed by atoms with E-state index in [-0.39, 0.29) is 0 Å². The molecule has 0 bridgehead atoms. The molecule has 0 radical (unpaired) electrons. The molecule has 2 aliphatic carbocycles. The average molecular weight is 369 g/mol. The molecule has 2 heteroatoms. The fourth-order valence-corrected chi connectivity index (χ4v) is 4.66. The standard InChI is InChI=1S/C17H24IN/c1-13-12-14(18)4-5-16(13)19-15-6-10-17(11-7-15)8-2-3-9-17/h4-5,12,15,19H,2-3,6-11H2,1H3. The minimum atomic E-state index is 0.699. The summed E-state index contributed by atoms with van der Waals surface area (Å²) in [5.74, 6) is 0. The molecule has 0 amide bonds. The van der Waals surface area contributed by atoms with Crippen LogP contribution in [0.15, 0.2) is 18.2 Å². The molecule has 3 rings (SSSR count). The van der Waals surface area contributed by atoms with Gasteiger partial charge in [-0.1, -0.05) is 12.8 Å². The highest BCUT2D eigenvalue weighted by atomic mass is 127. The molecule has 0 atom stereocenters. The van der Waals surface area contributed by atoms with Gasteiger partial charge < -0.3 is 5.32 Å². The molecule has 0 saturated heterocycles. The molecule has 2 saturated carbocycles. The van der Waals surface area contributed by atoms with Gasteiger partial charge in [-0.3, -0.25) is 0 Å². The van der Waals surface area contributed by atoms with Crippen molar-refractivity contribution in [1.29, 1.82) is 0 Å². The number of anilines is 1. The molecule has 2 aliphatic rings. The van der Waals surface area contributed by atoms with E-state index >= 15 is 0 Å². The van der Waals surface area contributed by atoms with E-state index in [1.165, 1.54) is 66.2 Å². The quantitative estimate of drug-likeness (QED) is 0.678. The second-order valence-corrected chi connectivity index (χ2v) is 7.83. The highest BCUT2D eigenvalue weighted by molar-refractivity contribution is 14.1. The summed E-state index contributed by atoms with van der Waals surface area (Å²) in [6, 6.07) is 7.42. The van der Waals surface area contributed by atoms with Gasteiger partial charge in [-0.15, -0.1) is 0 Å². The zero-order valence-corrected chi connectivity index (χ0v) is 14.0.